The molecule has 2 aromatic rings. The van der Waals surface area contributed by atoms with Crippen LogP contribution in [0.25, 0.3) is 0 Å². The van der Waals surface area contributed by atoms with E-state index in [1.165, 1.54) is 12.8 Å². The van der Waals surface area contributed by atoms with Crippen molar-refractivity contribution in [2.75, 3.05) is 25.0 Å². The number of allylic oxidation sites excluding steroid dienone is 1. The Labute approximate surface area is 319 Å². The lowest BCUT2D eigenvalue weighted by Gasteiger charge is -2.31. The summed E-state index contributed by atoms with van der Waals surface area (Å²) in [5, 5.41) is 9.78. The SMILES string of the molecule is C1=COCCC1.Cc1nc2n(c(=O)c1CCCl)CCCC2O.Cc1nc2n(c(=O)c1CCCl)CCCC2OC1CCCCO1.Cl.ClC(Cl)Cl. The van der Waals surface area contributed by atoms with Crippen molar-refractivity contribution in [2.45, 2.75) is 120 Å². The molecule has 10 nitrogen and oxygen atoms in total. The summed E-state index contributed by atoms with van der Waals surface area (Å²) in [4.78, 5) is 33.8. The Morgan fingerprint density at radius 1 is 0.857 bits per heavy atom. The number of aryl methyl sites for hydroxylation is 2. The molecule has 3 unspecified atom stereocenters. The normalized spacial score (nSPS) is 20.8. The zero-order valence-electron chi connectivity index (χ0n) is 28.1. The topological polar surface area (TPSA) is 118 Å². The van der Waals surface area contributed by atoms with Crippen LogP contribution >= 0.6 is 70.4 Å². The van der Waals surface area contributed by atoms with Crippen molar-refractivity contribution in [3.8, 4) is 0 Å². The van der Waals surface area contributed by atoms with E-state index in [-0.39, 0.29) is 35.9 Å². The van der Waals surface area contributed by atoms with Gasteiger partial charge < -0.3 is 19.3 Å². The number of fused-ring (bicyclic) bond motifs is 2. The van der Waals surface area contributed by atoms with Crippen molar-refractivity contribution in [3.05, 3.63) is 67.2 Å². The highest BCUT2D eigenvalue weighted by Crippen LogP contribution is 2.30. The molecule has 49 heavy (non-hydrogen) atoms. The van der Waals surface area contributed by atoms with E-state index in [1.807, 2.05) is 13.0 Å². The predicted molar refractivity (Wildman–Crippen MR) is 199 cm³/mol. The number of ether oxygens (including phenoxy) is 3. The Bertz CT molecular complexity index is 1420. The van der Waals surface area contributed by atoms with Gasteiger partial charge in [0.25, 0.3) is 11.1 Å². The maximum atomic E-state index is 12.6. The first-order valence-corrected chi connectivity index (χ1v) is 18.9. The largest absolute Gasteiger partial charge is 0.502 e. The summed E-state index contributed by atoms with van der Waals surface area (Å²) >= 11 is 25.9. The number of nitrogens with zero attached hydrogens (tertiary/aromatic N) is 4. The highest BCUT2D eigenvalue weighted by Gasteiger charge is 2.29. The Hall–Kier alpha value is -1.08. The minimum absolute atomic E-state index is 0. The van der Waals surface area contributed by atoms with Crippen LogP contribution in [-0.2, 0) is 40.1 Å². The molecule has 6 heterocycles. The monoisotopic (exact) mass is 806 g/mol. The fourth-order valence-electron chi connectivity index (χ4n) is 5.89. The molecule has 0 aliphatic carbocycles. The molecular formula is C33H48Cl6N4O6. The lowest BCUT2D eigenvalue weighted by Crippen LogP contribution is -2.36. The summed E-state index contributed by atoms with van der Waals surface area (Å²) in [6, 6.07) is 0. The molecule has 1 saturated heterocycles. The van der Waals surface area contributed by atoms with Gasteiger partial charge in [0.2, 0.25) is 0 Å². The number of rotatable bonds is 6. The van der Waals surface area contributed by atoms with E-state index in [0.29, 0.717) is 61.2 Å². The van der Waals surface area contributed by atoms with Crippen molar-refractivity contribution < 1.29 is 19.3 Å². The van der Waals surface area contributed by atoms with E-state index in [1.54, 1.807) is 22.3 Å². The molecule has 16 heteroatoms. The summed E-state index contributed by atoms with van der Waals surface area (Å²) in [6.07, 6.45) is 12.9. The van der Waals surface area contributed by atoms with Crippen LogP contribution in [0.3, 0.4) is 0 Å². The molecule has 0 aromatic carbocycles. The smallest absolute Gasteiger partial charge is 0.257 e. The van der Waals surface area contributed by atoms with E-state index in [0.717, 1.165) is 68.8 Å². The van der Waals surface area contributed by atoms with Crippen LogP contribution in [0.4, 0.5) is 0 Å². The van der Waals surface area contributed by atoms with Gasteiger partial charge in [-0.25, -0.2) is 9.97 Å². The number of hydrogen-bond acceptors (Lipinski definition) is 8. The first kappa shape index (κ1) is 44.1. The van der Waals surface area contributed by atoms with Crippen molar-refractivity contribution in [3.63, 3.8) is 0 Å². The molecule has 278 valence electrons. The maximum absolute atomic E-state index is 12.6. The van der Waals surface area contributed by atoms with Gasteiger partial charge in [0, 0.05) is 54.0 Å². The first-order valence-electron chi connectivity index (χ1n) is 16.5. The van der Waals surface area contributed by atoms with E-state index in [4.69, 9.17) is 72.2 Å². The van der Waals surface area contributed by atoms with Crippen LogP contribution < -0.4 is 11.1 Å². The summed E-state index contributed by atoms with van der Waals surface area (Å²) in [5.74, 6) is 2.11. The van der Waals surface area contributed by atoms with Crippen LogP contribution in [0.2, 0.25) is 0 Å². The predicted octanol–water partition coefficient (Wildman–Crippen LogP) is 7.59. The number of aliphatic hydroxyl groups is 1. The lowest BCUT2D eigenvalue weighted by atomic mass is 10.1. The van der Waals surface area contributed by atoms with E-state index >= 15 is 0 Å². The van der Waals surface area contributed by atoms with Gasteiger partial charge >= 0.3 is 0 Å². The third kappa shape index (κ3) is 13.8. The number of aliphatic hydroxyl groups excluding tert-OH is 1. The highest BCUT2D eigenvalue weighted by atomic mass is 35.6. The van der Waals surface area contributed by atoms with Crippen LogP contribution in [0.5, 0.6) is 0 Å². The molecule has 1 fully saturated rings. The maximum Gasteiger partial charge on any atom is 0.257 e. The van der Waals surface area contributed by atoms with Gasteiger partial charge in [-0.1, -0.05) is 34.8 Å². The molecule has 0 radical (unpaired) electrons. The first-order chi connectivity index (χ1) is 23.1. The highest BCUT2D eigenvalue weighted by molar-refractivity contribution is 6.63. The number of aromatic nitrogens is 4. The molecule has 6 rings (SSSR count). The van der Waals surface area contributed by atoms with E-state index < -0.39 is 10.4 Å². The summed E-state index contributed by atoms with van der Waals surface area (Å²) in [6.45, 7) is 6.70. The number of alkyl halides is 5. The van der Waals surface area contributed by atoms with Gasteiger partial charge in [0.05, 0.1) is 12.9 Å². The fourth-order valence-corrected chi connectivity index (χ4v) is 6.27. The van der Waals surface area contributed by atoms with Gasteiger partial charge in [-0.3, -0.25) is 18.7 Å². The van der Waals surface area contributed by atoms with Crippen LogP contribution in [0, 0.1) is 13.8 Å². The Morgan fingerprint density at radius 3 is 1.90 bits per heavy atom. The molecule has 4 aliphatic heterocycles. The van der Waals surface area contributed by atoms with Gasteiger partial charge in [-0.15, -0.1) is 35.6 Å². The molecule has 0 spiro atoms. The third-order valence-electron chi connectivity index (χ3n) is 8.26. The zero-order chi connectivity index (χ0) is 35.1. The molecule has 0 saturated carbocycles. The molecule has 1 N–H and O–H groups in total. The molecule has 2 aromatic heterocycles. The molecular weight excluding hydrogens is 761 g/mol. The van der Waals surface area contributed by atoms with Gasteiger partial charge in [0.1, 0.15) is 23.9 Å². The Balaban J connectivity index is 0.000000268. The average molecular weight is 809 g/mol. The Kier molecular flexibility index (Phi) is 21.1. The van der Waals surface area contributed by atoms with Crippen molar-refractivity contribution in [1.82, 2.24) is 19.1 Å². The van der Waals surface area contributed by atoms with E-state index in [9.17, 15) is 14.7 Å². The third-order valence-corrected chi connectivity index (χ3v) is 8.64. The average Bonchev–Trinajstić information content (AvgIpc) is 3.08. The van der Waals surface area contributed by atoms with Crippen molar-refractivity contribution >= 4 is 70.4 Å². The number of hydrogen-bond donors (Lipinski definition) is 1. The second-order valence-electron chi connectivity index (χ2n) is 11.7. The van der Waals surface area contributed by atoms with Gasteiger partial charge in [0.15, 0.2) is 10.6 Å². The van der Waals surface area contributed by atoms with Crippen LogP contribution in [0.1, 0.15) is 104 Å². The second-order valence-corrected chi connectivity index (χ2v) is 14.4. The van der Waals surface area contributed by atoms with Gasteiger partial charge in [-0.05, 0) is 90.6 Å². The lowest BCUT2D eigenvalue weighted by molar-refractivity contribution is -0.195. The minimum Gasteiger partial charge on any atom is -0.502 e. The minimum atomic E-state index is -0.750. The van der Waals surface area contributed by atoms with Crippen molar-refractivity contribution in [2.24, 2.45) is 0 Å². The summed E-state index contributed by atoms with van der Waals surface area (Å²) in [5.41, 5.74) is 2.87. The van der Waals surface area contributed by atoms with Crippen LogP contribution in [0.15, 0.2) is 21.9 Å². The molecule has 0 bridgehead atoms. The summed E-state index contributed by atoms with van der Waals surface area (Å²) in [7, 11) is 0. The standard InChI is InChI=1S/C16H23ClN2O3.C11H15ClN2O2.C5H8O.CHCl3.ClH/c1-11-12(7-8-17)16(20)19-9-4-5-13(15(19)18-11)22-14-6-2-3-10-21-14;1-7-8(4-5-12)11(16)14-6-2-3-9(15)10(14)13-7;1-2-4-6-5-3-1;2-1(3)4;/h13-14H,2-10H2,1H3;9,15H,2-6H2,1H3;2,4H,1,3,5H2;1H;1H. The second kappa shape index (κ2) is 23.5. The fraction of sp³-hybridized carbons (Fsp3) is 0.697. The molecule has 4 aliphatic rings. The molecule has 3 atom stereocenters. The van der Waals surface area contributed by atoms with Crippen LogP contribution in [-0.4, -0.2) is 59.8 Å². The van der Waals surface area contributed by atoms with Gasteiger partial charge in [-0.2, -0.15) is 0 Å². The molecule has 0 amide bonds. The zero-order valence-corrected chi connectivity index (χ0v) is 32.7. The summed E-state index contributed by atoms with van der Waals surface area (Å²) < 4.78 is 19.3. The number of halogens is 6. The Morgan fingerprint density at radius 2 is 1.43 bits per heavy atom. The quantitative estimate of drug-likeness (QED) is 0.297. The van der Waals surface area contributed by atoms with Crippen molar-refractivity contribution in [1.29, 1.82) is 0 Å². The van der Waals surface area contributed by atoms with E-state index in [2.05, 4.69) is 9.97 Å².